The number of rotatable bonds is 1. The van der Waals surface area contributed by atoms with E-state index < -0.39 is 0 Å². The lowest BCUT2D eigenvalue weighted by Crippen LogP contribution is -1.86. The molecule has 1 aromatic heterocycles. The average molecular weight is 193 g/mol. The first kappa shape index (κ1) is 9.48. The van der Waals surface area contributed by atoms with Gasteiger partial charge in [-0.15, -0.1) is 6.42 Å². The Morgan fingerprint density at radius 3 is 2.87 bits per heavy atom. The standard InChI is InChI=1S/C14H11N/c1-3-12-7-8-15-10-14(12)13-6-4-5-11(2)9-13/h1,4-10H,2H3. The molecule has 0 saturated heterocycles. The fraction of sp³-hybridized carbons (Fsp3) is 0.0714. The first-order chi connectivity index (χ1) is 7.31. The lowest BCUT2D eigenvalue weighted by molar-refractivity contribution is 1.32. The van der Waals surface area contributed by atoms with E-state index >= 15 is 0 Å². The second kappa shape index (κ2) is 3.98. The summed E-state index contributed by atoms with van der Waals surface area (Å²) in [5.41, 5.74) is 4.25. The molecule has 2 aromatic rings. The van der Waals surface area contributed by atoms with Crippen molar-refractivity contribution in [3.63, 3.8) is 0 Å². The number of pyridine rings is 1. The molecule has 15 heavy (non-hydrogen) atoms. The van der Waals surface area contributed by atoms with Crippen LogP contribution in [0, 0.1) is 19.3 Å². The molecule has 2 rings (SSSR count). The van der Waals surface area contributed by atoms with Crippen molar-refractivity contribution in [1.29, 1.82) is 0 Å². The second-order valence-electron chi connectivity index (χ2n) is 3.44. The number of aryl methyl sites for hydroxylation is 1. The van der Waals surface area contributed by atoms with Gasteiger partial charge < -0.3 is 0 Å². The zero-order valence-electron chi connectivity index (χ0n) is 8.57. The van der Waals surface area contributed by atoms with E-state index in [0.29, 0.717) is 0 Å². The van der Waals surface area contributed by atoms with E-state index in [2.05, 4.69) is 30.0 Å². The first-order valence-corrected chi connectivity index (χ1v) is 4.79. The maximum Gasteiger partial charge on any atom is 0.0358 e. The summed E-state index contributed by atoms with van der Waals surface area (Å²) in [6, 6.07) is 10.1. The predicted octanol–water partition coefficient (Wildman–Crippen LogP) is 3.04. The molecule has 1 nitrogen and oxygen atoms in total. The van der Waals surface area contributed by atoms with E-state index in [9.17, 15) is 0 Å². The van der Waals surface area contributed by atoms with Gasteiger partial charge in [0.25, 0.3) is 0 Å². The van der Waals surface area contributed by atoms with Crippen molar-refractivity contribution in [2.45, 2.75) is 6.92 Å². The van der Waals surface area contributed by atoms with Gasteiger partial charge in [0.15, 0.2) is 0 Å². The number of nitrogens with zero attached hydrogens (tertiary/aromatic N) is 1. The molecule has 1 heteroatoms. The fourth-order valence-electron chi connectivity index (χ4n) is 1.56. The molecule has 0 spiro atoms. The van der Waals surface area contributed by atoms with Crippen molar-refractivity contribution in [2.24, 2.45) is 0 Å². The second-order valence-corrected chi connectivity index (χ2v) is 3.44. The molecule has 1 aromatic carbocycles. The minimum Gasteiger partial charge on any atom is -0.264 e. The van der Waals surface area contributed by atoms with E-state index in [-0.39, 0.29) is 0 Å². The van der Waals surface area contributed by atoms with Crippen LogP contribution >= 0.6 is 0 Å². The Bertz CT molecular complexity index is 521. The number of benzene rings is 1. The van der Waals surface area contributed by atoms with Gasteiger partial charge in [-0.05, 0) is 18.6 Å². The molecule has 0 aliphatic rings. The maximum absolute atomic E-state index is 5.45. The molecular weight excluding hydrogens is 182 g/mol. The average Bonchev–Trinajstić information content (AvgIpc) is 2.29. The molecule has 0 bridgehead atoms. The van der Waals surface area contributed by atoms with Crippen LogP contribution in [0.3, 0.4) is 0 Å². The van der Waals surface area contributed by atoms with Crippen molar-refractivity contribution in [1.82, 2.24) is 4.98 Å². The van der Waals surface area contributed by atoms with Crippen LogP contribution in [-0.2, 0) is 0 Å². The maximum atomic E-state index is 5.45. The summed E-state index contributed by atoms with van der Waals surface area (Å²) in [6.45, 7) is 2.06. The van der Waals surface area contributed by atoms with Crippen LogP contribution in [0.4, 0.5) is 0 Å². The van der Waals surface area contributed by atoms with E-state index in [0.717, 1.165) is 16.7 Å². The zero-order chi connectivity index (χ0) is 10.7. The van der Waals surface area contributed by atoms with Gasteiger partial charge in [-0.25, -0.2) is 0 Å². The molecule has 0 aliphatic carbocycles. The van der Waals surface area contributed by atoms with Crippen LogP contribution in [0.5, 0.6) is 0 Å². The van der Waals surface area contributed by atoms with Crippen molar-refractivity contribution in [3.8, 4) is 23.5 Å². The summed E-state index contributed by atoms with van der Waals surface area (Å²) in [5.74, 6) is 2.67. The van der Waals surface area contributed by atoms with Crippen molar-refractivity contribution < 1.29 is 0 Å². The normalized spacial score (nSPS) is 9.60. The van der Waals surface area contributed by atoms with Crippen LogP contribution < -0.4 is 0 Å². The van der Waals surface area contributed by atoms with Gasteiger partial charge in [0.1, 0.15) is 0 Å². The largest absolute Gasteiger partial charge is 0.264 e. The number of hydrogen-bond donors (Lipinski definition) is 0. The van der Waals surface area contributed by atoms with Gasteiger partial charge in [0, 0.05) is 23.5 Å². The van der Waals surface area contributed by atoms with Gasteiger partial charge in [-0.3, -0.25) is 4.98 Å². The van der Waals surface area contributed by atoms with Crippen LogP contribution in [-0.4, -0.2) is 4.98 Å². The highest BCUT2D eigenvalue weighted by Gasteiger charge is 2.02. The molecule has 0 fully saturated rings. The smallest absolute Gasteiger partial charge is 0.0358 e. The molecule has 0 saturated carbocycles. The molecule has 1 heterocycles. The number of terminal acetylenes is 1. The van der Waals surface area contributed by atoms with E-state index in [1.165, 1.54) is 5.56 Å². The quantitative estimate of drug-likeness (QED) is 0.634. The van der Waals surface area contributed by atoms with Crippen LogP contribution in [0.2, 0.25) is 0 Å². The van der Waals surface area contributed by atoms with E-state index in [1.807, 2.05) is 24.4 Å². The highest BCUT2D eigenvalue weighted by Crippen LogP contribution is 2.22. The summed E-state index contributed by atoms with van der Waals surface area (Å²) in [4.78, 5) is 4.10. The van der Waals surface area contributed by atoms with E-state index in [1.54, 1.807) is 6.20 Å². The molecular formula is C14H11N. The van der Waals surface area contributed by atoms with Gasteiger partial charge in [0.2, 0.25) is 0 Å². The third-order valence-corrected chi connectivity index (χ3v) is 2.31. The molecule has 0 radical (unpaired) electrons. The Morgan fingerprint density at radius 1 is 1.27 bits per heavy atom. The number of aromatic nitrogens is 1. The minimum atomic E-state index is 0.885. The number of hydrogen-bond acceptors (Lipinski definition) is 1. The highest BCUT2D eigenvalue weighted by molar-refractivity contribution is 5.70. The Morgan fingerprint density at radius 2 is 2.13 bits per heavy atom. The zero-order valence-corrected chi connectivity index (χ0v) is 8.57. The lowest BCUT2D eigenvalue weighted by Gasteiger charge is -2.04. The highest BCUT2D eigenvalue weighted by atomic mass is 14.6. The topological polar surface area (TPSA) is 12.9 Å². The third kappa shape index (κ3) is 1.89. The first-order valence-electron chi connectivity index (χ1n) is 4.79. The molecule has 72 valence electrons. The summed E-state index contributed by atoms with van der Waals surface area (Å²) in [5, 5.41) is 0. The SMILES string of the molecule is C#Cc1ccncc1-c1cccc(C)c1. The minimum absolute atomic E-state index is 0.885. The van der Waals surface area contributed by atoms with Gasteiger partial charge in [0.05, 0.1) is 0 Å². The van der Waals surface area contributed by atoms with Crippen LogP contribution in [0.1, 0.15) is 11.1 Å². The summed E-state index contributed by atoms with van der Waals surface area (Å²) in [7, 11) is 0. The third-order valence-electron chi connectivity index (χ3n) is 2.31. The Balaban J connectivity index is 2.60. The van der Waals surface area contributed by atoms with Gasteiger partial charge in [-0.2, -0.15) is 0 Å². The van der Waals surface area contributed by atoms with Gasteiger partial charge in [-0.1, -0.05) is 35.7 Å². The monoisotopic (exact) mass is 193 g/mol. The Hall–Kier alpha value is -2.07. The molecule has 0 unspecified atom stereocenters. The van der Waals surface area contributed by atoms with Crippen LogP contribution in [0.15, 0.2) is 42.7 Å². The Kier molecular flexibility index (Phi) is 2.51. The molecule has 0 aliphatic heterocycles. The summed E-state index contributed by atoms with van der Waals surface area (Å²) in [6.07, 6.45) is 8.97. The molecule has 0 amide bonds. The Labute approximate surface area is 89.8 Å². The van der Waals surface area contributed by atoms with Crippen LogP contribution in [0.25, 0.3) is 11.1 Å². The van der Waals surface area contributed by atoms with Crippen molar-refractivity contribution in [3.05, 3.63) is 53.9 Å². The molecule has 0 atom stereocenters. The predicted molar refractivity (Wildman–Crippen MR) is 62.3 cm³/mol. The lowest BCUT2D eigenvalue weighted by atomic mass is 10.0. The van der Waals surface area contributed by atoms with E-state index in [4.69, 9.17) is 6.42 Å². The van der Waals surface area contributed by atoms with Crippen molar-refractivity contribution >= 4 is 0 Å². The fourth-order valence-corrected chi connectivity index (χ4v) is 1.56. The van der Waals surface area contributed by atoms with Crippen molar-refractivity contribution in [2.75, 3.05) is 0 Å². The summed E-state index contributed by atoms with van der Waals surface area (Å²) >= 11 is 0. The van der Waals surface area contributed by atoms with Gasteiger partial charge >= 0.3 is 0 Å². The summed E-state index contributed by atoms with van der Waals surface area (Å²) < 4.78 is 0. The molecule has 0 N–H and O–H groups in total.